The van der Waals surface area contributed by atoms with E-state index >= 15 is 0 Å². The van der Waals surface area contributed by atoms with Gasteiger partial charge in [0, 0.05) is 43.7 Å². The maximum Gasteiger partial charge on any atom is 0.224 e. The van der Waals surface area contributed by atoms with E-state index in [2.05, 4.69) is 16.4 Å². The molecule has 1 aliphatic rings. The second kappa shape index (κ2) is 7.22. The normalized spacial score (nSPS) is 17.2. The number of nitrogens with zero attached hydrogens (tertiary/aromatic N) is 2. The Labute approximate surface area is 151 Å². The van der Waals surface area contributed by atoms with Crippen LogP contribution in [0, 0.1) is 5.82 Å². The van der Waals surface area contributed by atoms with Crippen molar-refractivity contribution in [1.29, 1.82) is 0 Å². The molecule has 4 nitrogen and oxygen atoms in total. The number of halogens is 1. The number of carbonyl (C=O) groups excluding carboxylic acids is 1. The van der Waals surface area contributed by atoms with E-state index in [0.717, 1.165) is 22.0 Å². The van der Waals surface area contributed by atoms with Gasteiger partial charge in [0.2, 0.25) is 5.91 Å². The number of carbonyl (C=O) groups is 1. The molecule has 2 heterocycles. The van der Waals surface area contributed by atoms with Gasteiger partial charge in [-0.15, -0.1) is 0 Å². The summed E-state index contributed by atoms with van der Waals surface area (Å²) in [6, 6.07) is 16.6. The van der Waals surface area contributed by atoms with Crippen LogP contribution in [0.3, 0.4) is 0 Å². The Morgan fingerprint density at radius 2 is 2.00 bits per heavy atom. The van der Waals surface area contributed by atoms with Crippen LogP contribution < -0.4 is 5.32 Å². The average Bonchev–Trinajstić information content (AvgIpc) is 2.99. The fourth-order valence-electron chi connectivity index (χ4n) is 3.48. The molecule has 0 spiro atoms. The first-order chi connectivity index (χ1) is 12.7. The number of rotatable bonds is 5. The van der Waals surface area contributed by atoms with Crippen LogP contribution in [0.2, 0.25) is 0 Å². The summed E-state index contributed by atoms with van der Waals surface area (Å²) in [4.78, 5) is 18.5. The highest BCUT2D eigenvalue weighted by Crippen LogP contribution is 2.19. The number of para-hydroxylation sites is 1. The highest BCUT2D eigenvalue weighted by Gasteiger charge is 2.29. The molecule has 0 aliphatic carbocycles. The molecule has 1 aliphatic heterocycles. The van der Waals surface area contributed by atoms with E-state index < -0.39 is 0 Å². The Morgan fingerprint density at radius 3 is 2.88 bits per heavy atom. The van der Waals surface area contributed by atoms with E-state index in [1.54, 1.807) is 17.2 Å². The standard InChI is InChI=1S/C21H20FN3O/c22-18-8-1-4-15(10-18)13-25-14-19(11-20(25)26)24-12-17-6-2-5-16-7-3-9-23-21(16)17/h1-10,19,24H,11-14H2/t19-/m1/s1. The van der Waals surface area contributed by atoms with Crippen LogP contribution in [-0.4, -0.2) is 28.4 Å². The van der Waals surface area contributed by atoms with Crippen molar-refractivity contribution in [3.63, 3.8) is 0 Å². The lowest BCUT2D eigenvalue weighted by Crippen LogP contribution is -2.32. The van der Waals surface area contributed by atoms with Crippen molar-refractivity contribution in [2.24, 2.45) is 0 Å². The van der Waals surface area contributed by atoms with Crippen LogP contribution in [0.5, 0.6) is 0 Å². The zero-order chi connectivity index (χ0) is 17.9. The van der Waals surface area contributed by atoms with Gasteiger partial charge in [0.05, 0.1) is 5.52 Å². The number of hydrogen-bond acceptors (Lipinski definition) is 3. The van der Waals surface area contributed by atoms with E-state index in [1.807, 2.05) is 30.3 Å². The molecule has 1 atom stereocenters. The number of hydrogen-bond donors (Lipinski definition) is 1. The molecule has 0 unspecified atom stereocenters. The third-order valence-electron chi connectivity index (χ3n) is 4.77. The van der Waals surface area contributed by atoms with Gasteiger partial charge in [0.25, 0.3) is 0 Å². The van der Waals surface area contributed by atoms with Gasteiger partial charge in [-0.05, 0) is 29.3 Å². The second-order valence-corrected chi connectivity index (χ2v) is 6.68. The lowest BCUT2D eigenvalue weighted by atomic mass is 10.1. The van der Waals surface area contributed by atoms with E-state index in [-0.39, 0.29) is 17.8 Å². The number of aromatic nitrogens is 1. The Kier molecular flexibility index (Phi) is 4.63. The van der Waals surface area contributed by atoms with E-state index in [9.17, 15) is 9.18 Å². The van der Waals surface area contributed by atoms with Crippen LogP contribution in [0.4, 0.5) is 4.39 Å². The minimum absolute atomic E-state index is 0.0926. The summed E-state index contributed by atoms with van der Waals surface area (Å²) in [5.74, 6) is -0.171. The molecule has 0 saturated carbocycles. The SMILES string of the molecule is O=C1C[C@@H](NCc2cccc3cccnc23)CN1Cc1cccc(F)c1. The van der Waals surface area contributed by atoms with Gasteiger partial charge in [-0.3, -0.25) is 9.78 Å². The Morgan fingerprint density at radius 1 is 1.15 bits per heavy atom. The molecule has 1 fully saturated rings. The molecule has 132 valence electrons. The van der Waals surface area contributed by atoms with Gasteiger partial charge in [-0.25, -0.2) is 4.39 Å². The maximum absolute atomic E-state index is 13.3. The molecule has 1 amide bonds. The third kappa shape index (κ3) is 3.58. The van der Waals surface area contributed by atoms with Crippen molar-refractivity contribution in [2.75, 3.05) is 6.54 Å². The zero-order valence-electron chi connectivity index (χ0n) is 14.4. The van der Waals surface area contributed by atoms with Gasteiger partial charge in [0.15, 0.2) is 0 Å². The summed E-state index contributed by atoms with van der Waals surface area (Å²) in [5.41, 5.74) is 2.93. The predicted molar refractivity (Wildman–Crippen MR) is 98.8 cm³/mol. The van der Waals surface area contributed by atoms with Gasteiger partial charge in [-0.2, -0.15) is 0 Å². The summed E-state index contributed by atoms with van der Waals surface area (Å²) >= 11 is 0. The highest BCUT2D eigenvalue weighted by molar-refractivity contribution is 5.81. The average molecular weight is 349 g/mol. The summed E-state index contributed by atoms with van der Waals surface area (Å²) < 4.78 is 13.3. The monoisotopic (exact) mass is 349 g/mol. The van der Waals surface area contributed by atoms with Crippen LogP contribution >= 0.6 is 0 Å². The lowest BCUT2D eigenvalue weighted by molar-refractivity contribution is -0.128. The van der Waals surface area contributed by atoms with E-state index in [0.29, 0.717) is 26.1 Å². The van der Waals surface area contributed by atoms with Crippen molar-refractivity contribution in [1.82, 2.24) is 15.2 Å². The first kappa shape index (κ1) is 16.7. The summed E-state index contributed by atoms with van der Waals surface area (Å²) in [6.07, 6.45) is 2.26. The number of pyridine rings is 1. The smallest absolute Gasteiger partial charge is 0.224 e. The molecule has 4 rings (SSSR count). The molecule has 1 N–H and O–H groups in total. The van der Waals surface area contributed by atoms with Crippen molar-refractivity contribution in [3.8, 4) is 0 Å². The first-order valence-corrected chi connectivity index (χ1v) is 8.77. The Balaban J connectivity index is 1.40. The van der Waals surface area contributed by atoms with Crippen molar-refractivity contribution in [3.05, 3.63) is 77.7 Å². The van der Waals surface area contributed by atoms with Crippen LogP contribution in [0.25, 0.3) is 10.9 Å². The number of amides is 1. The molecule has 5 heteroatoms. The van der Waals surface area contributed by atoms with Crippen LogP contribution in [0.15, 0.2) is 60.8 Å². The molecule has 2 aromatic carbocycles. The number of fused-ring (bicyclic) bond motifs is 1. The minimum atomic E-state index is -0.271. The molecule has 26 heavy (non-hydrogen) atoms. The molecular formula is C21H20FN3O. The lowest BCUT2D eigenvalue weighted by Gasteiger charge is -2.17. The number of likely N-dealkylation sites (tertiary alicyclic amines) is 1. The minimum Gasteiger partial charge on any atom is -0.337 e. The third-order valence-corrected chi connectivity index (χ3v) is 4.77. The summed E-state index contributed by atoms with van der Waals surface area (Å²) in [6.45, 7) is 1.75. The van der Waals surface area contributed by atoms with Gasteiger partial charge in [-0.1, -0.05) is 36.4 Å². The fraction of sp³-hybridized carbons (Fsp3) is 0.238. The maximum atomic E-state index is 13.3. The van der Waals surface area contributed by atoms with Gasteiger partial charge < -0.3 is 10.2 Å². The van der Waals surface area contributed by atoms with Crippen molar-refractivity contribution in [2.45, 2.75) is 25.6 Å². The molecule has 1 aromatic heterocycles. The van der Waals surface area contributed by atoms with Gasteiger partial charge >= 0.3 is 0 Å². The molecular weight excluding hydrogens is 329 g/mol. The number of nitrogens with one attached hydrogen (secondary N) is 1. The molecule has 0 bridgehead atoms. The molecule has 3 aromatic rings. The molecule has 0 radical (unpaired) electrons. The summed E-state index contributed by atoms with van der Waals surface area (Å²) in [7, 11) is 0. The van der Waals surface area contributed by atoms with Gasteiger partial charge in [0.1, 0.15) is 5.82 Å². The Bertz CT molecular complexity index is 938. The predicted octanol–water partition coefficient (Wildman–Crippen LogP) is 3.26. The highest BCUT2D eigenvalue weighted by atomic mass is 19.1. The Hall–Kier alpha value is -2.79. The summed E-state index contributed by atoms with van der Waals surface area (Å²) in [5, 5.41) is 4.58. The van der Waals surface area contributed by atoms with Crippen molar-refractivity contribution < 1.29 is 9.18 Å². The van der Waals surface area contributed by atoms with E-state index in [1.165, 1.54) is 12.1 Å². The van der Waals surface area contributed by atoms with Crippen molar-refractivity contribution >= 4 is 16.8 Å². The largest absolute Gasteiger partial charge is 0.337 e. The second-order valence-electron chi connectivity index (χ2n) is 6.68. The van der Waals surface area contributed by atoms with Crippen LogP contribution in [-0.2, 0) is 17.9 Å². The topological polar surface area (TPSA) is 45.2 Å². The number of benzene rings is 2. The fourth-order valence-corrected chi connectivity index (χ4v) is 3.48. The zero-order valence-corrected chi connectivity index (χ0v) is 14.4. The van der Waals surface area contributed by atoms with Crippen LogP contribution in [0.1, 0.15) is 17.5 Å². The van der Waals surface area contributed by atoms with E-state index in [4.69, 9.17) is 0 Å². The quantitative estimate of drug-likeness (QED) is 0.769. The molecule has 1 saturated heterocycles. The first-order valence-electron chi connectivity index (χ1n) is 8.77.